The molecule has 6 nitrogen and oxygen atoms in total. The number of Topliss-reactive ketones (excluding diaryl/α,β-unsaturated/α-hetero) is 1. The molecule has 1 unspecified atom stereocenters. The fraction of sp³-hybridized carbons (Fsp3) is 0.577. The summed E-state index contributed by atoms with van der Waals surface area (Å²) in [6, 6.07) is 9.86. The summed E-state index contributed by atoms with van der Waals surface area (Å²) in [6.07, 6.45) is -0.332. The Morgan fingerprint density at radius 3 is 2.56 bits per heavy atom. The first-order valence-corrected chi connectivity index (χ1v) is 11.4. The van der Waals surface area contributed by atoms with Crippen molar-refractivity contribution in [3.8, 4) is 0 Å². The van der Waals surface area contributed by atoms with Crippen molar-refractivity contribution < 1.29 is 28.9 Å². The maximum Gasteiger partial charge on any atom is 0.312 e. The minimum Gasteiger partial charge on any atom is -0.457 e. The summed E-state index contributed by atoms with van der Waals surface area (Å²) in [7, 11) is 0. The number of benzene rings is 1. The topological polar surface area (TPSA) is 82.1 Å². The predicted molar refractivity (Wildman–Crippen MR) is 120 cm³/mol. The molecule has 1 fully saturated rings. The number of aliphatic hydroxyl groups is 1. The lowest BCUT2D eigenvalue weighted by molar-refractivity contribution is -0.162. The molecular formula is C26H34O6. The smallest absolute Gasteiger partial charge is 0.312 e. The molecule has 1 saturated heterocycles. The standard InChI is InChI=1S/C26H34O6/c1-6-20-16(2)12-13-21(30-15-19-10-8-7-9-11-19)17(3)14-26(5)24(28)22(27)23(32-26)18(4)25(29)31-20/h7-11,13,17-18,20-23,27H,6,14-15H2,1-5H3/t12?,17-,18+,20+,21+,22?,23+,26-/m0/s1. The highest BCUT2D eigenvalue weighted by Crippen LogP contribution is 2.37. The van der Waals surface area contributed by atoms with Crippen LogP contribution >= 0.6 is 0 Å². The quantitative estimate of drug-likeness (QED) is 0.565. The average Bonchev–Trinajstić information content (AvgIpc) is 3.00. The Labute approximate surface area is 190 Å². The van der Waals surface area contributed by atoms with Crippen LogP contribution < -0.4 is 0 Å². The maximum absolute atomic E-state index is 12.9. The Bertz CT molecular complexity index is 887. The van der Waals surface area contributed by atoms with Crippen LogP contribution in [0.4, 0.5) is 0 Å². The van der Waals surface area contributed by atoms with E-state index >= 15 is 0 Å². The van der Waals surface area contributed by atoms with E-state index in [0.717, 1.165) is 11.1 Å². The zero-order valence-corrected chi connectivity index (χ0v) is 19.5. The van der Waals surface area contributed by atoms with E-state index in [4.69, 9.17) is 14.2 Å². The van der Waals surface area contributed by atoms with Crippen LogP contribution in [0.2, 0.25) is 0 Å². The van der Waals surface area contributed by atoms with E-state index in [9.17, 15) is 14.7 Å². The van der Waals surface area contributed by atoms with Gasteiger partial charge in [0.15, 0.2) is 5.78 Å². The van der Waals surface area contributed by atoms with Crippen LogP contribution in [0.5, 0.6) is 0 Å². The van der Waals surface area contributed by atoms with Gasteiger partial charge in [-0.25, -0.2) is 0 Å². The molecule has 0 saturated carbocycles. The van der Waals surface area contributed by atoms with Crippen LogP contribution in [0.3, 0.4) is 0 Å². The number of cyclic esters (lactones) is 1. The Morgan fingerprint density at radius 1 is 1.22 bits per heavy atom. The summed E-state index contributed by atoms with van der Waals surface area (Å²) in [5.41, 5.74) is 3.89. The number of carbonyl (C=O) groups excluding carboxylic acids is 2. The van der Waals surface area contributed by atoms with Gasteiger partial charge >= 0.3 is 5.97 Å². The first-order valence-electron chi connectivity index (χ1n) is 11.4. The van der Waals surface area contributed by atoms with Crippen LogP contribution in [0.25, 0.3) is 0 Å². The number of hydrogen-bond acceptors (Lipinski definition) is 6. The van der Waals surface area contributed by atoms with Crippen LogP contribution in [0, 0.1) is 11.8 Å². The Hall–Kier alpha value is -2.24. The SMILES string of the molecule is CC[C@H]1OC(=O)[C@H](C)[C@H]2O[C@@](C)(C[C@H](C)[C@H](OCc3ccccc3)C=C=C1C)C(=O)C2O. The lowest BCUT2D eigenvalue weighted by Gasteiger charge is -2.30. The molecule has 2 heterocycles. The minimum absolute atomic E-state index is 0.105. The lowest BCUT2D eigenvalue weighted by atomic mass is 9.85. The van der Waals surface area contributed by atoms with Crippen molar-refractivity contribution in [3.05, 3.63) is 53.3 Å². The van der Waals surface area contributed by atoms with E-state index in [1.807, 2.05) is 57.2 Å². The molecular weight excluding hydrogens is 408 g/mol. The van der Waals surface area contributed by atoms with Gasteiger partial charge in [0.05, 0.1) is 18.6 Å². The summed E-state index contributed by atoms with van der Waals surface area (Å²) < 4.78 is 18.0. The Morgan fingerprint density at radius 2 is 1.91 bits per heavy atom. The number of ether oxygens (including phenoxy) is 3. The molecule has 1 aromatic carbocycles. The van der Waals surface area contributed by atoms with E-state index in [1.165, 1.54) is 0 Å². The monoisotopic (exact) mass is 442 g/mol. The molecule has 6 heteroatoms. The van der Waals surface area contributed by atoms with Gasteiger partial charge in [-0.2, -0.15) is 0 Å². The molecule has 2 aliphatic rings. The second-order valence-electron chi connectivity index (χ2n) is 9.18. The summed E-state index contributed by atoms with van der Waals surface area (Å²) in [5, 5.41) is 10.6. The van der Waals surface area contributed by atoms with Crippen molar-refractivity contribution >= 4 is 11.8 Å². The highest BCUT2D eigenvalue weighted by Gasteiger charge is 2.54. The van der Waals surface area contributed by atoms with Gasteiger partial charge in [0.2, 0.25) is 0 Å². The third-order valence-electron chi connectivity index (χ3n) is 6.51. The lowest BCUT2D eigenvalue weighted by Crippen LogP contribution is -2.39. The van der Waals surface area contributed by atoms with Crippen molar-refractivity contribution in [2.75, 3.05) is 0 Å². The van der Waals surface area contributed by atoms with Crippen molar-refractivity contribution in [1.82, 2.24) is 0 Å². The first-order chi connectivity index (χ1) is 15.2. The molecule has 0 aromatic heterocycles. The molecule has 7 atom stereocenters. The minimum atomic E-state index is -1.37. The summed E-state index contributed by atoms with van der Waals surface area (Å²) in [4.78, 5) is 25.7. The zero-order chi connectivity index (χ0) is 23.5. The predicted octanol–water partition coefficient (Wildman–Crippen LogP) is 3.76. The molecule has 0 aliphatic carbocycles. The van der Waals surface area contributed by atoms with Gasteiger partial charge in [-0.15, -0.1) is 5.73 Å². The van der Waals surface area contributed by atoms with E-state index in [2.05, 4.69) is 5.73 Å². The molecule has 2 aliphatic heterocycles. The normalized spacial score (nSPS) is 36.0. The van der Waals surface area contributed by atoms with E-state index < -0.39 is 41.6 Å². The fourth-order valence-electron chi connectivity index (χ4n) is 4.45. The van der Waals surface area contributed by atoms with Crippen molar-refractivity contribution in [1.29, 1.82) is 0 Å². The number of ketones is 1. The van der Waals surface area contributed by atoms with E-state index in [-0.39, 0.29) is 12.0 Å². The van der Waals surface area contributed by atoms with Crippen molar-refractivity contribution in [2.24, 2.45) is 11.8 Å². The Kier molecular flexibility index (Phi) is 7.73. The Balaban J connectivity index is 1.95. The number of hydrogen-bond donors (Lipinski definition) is 1. The number of carbonyl (C=O) groups is 2. The molecule has 32 heavy (non-hydrogen) atoms. The average molecular weight is 443 g/mol. The molecule has 0 amide bonds. The maximum atomic E-state index is 12.9. The van der Waals surface area contributed by atoms with Gasteiger partial charge < -0.3 is 19.3 Å². The molecule has 3 rings (SSSR count). The van der Waals surface area contributed by atoms with Crippen LogP contribution in [0.1, 0.15) is 53.0 Å². The van der Waals surface area contributed by atoms with Crippen molar-refractivity contribution in [3.63, 3.8) is 0 Å². The fourth-order valence-corrected chi connectivity index (χ4v) is 4.45. The third kappa shape index (κ3) is 5.21. The van der Waals surface area contributed by atoms with E-state index in [0.29, 0.717) is 19.4 Å². The number of aliphatic hydroxyl groups excluding tert-OH is 1. The van der Waals surface area contributed by atoms with Gasteiger partial charge in [-0.1, -0.05) is 44.2 Å². The number of esters is 1. The highest BCUT2D eigenvalue weighted by atomic mass is 16.6. The second kappa shape index (κ2) is 10.1. The first kappa shape index (κ1) is 24.4. The van der Waals surface area contributed by atoms with Gasteiger partial charge in [-0.3, -0.25) is 9.59 Å². The molecule has 0 radical (unpaired) electrons. The highest BCUT2D eigenvalue weighted by molar-refractivity contribution is 5.94. The summed E-state index contributed by atoms with van der Waals surface area (Å²) >= 11 is 0. The van der Waals surface area contributed by atoms with E-state index in [1.54, 1.807) is 13.8 Å². The van der Waals surface area contributed by atoms with Crippen LogP contribution in [0.15, 0.2) is 47.7 Å². The number of rotatable bonds is 4. The molecule has 1 aromatic rings. The second-order valence-corrected chi connectivity index (χ2v) is 9.18. The number of fused-ring (bicyclic) bond motifs is 2. The molecule has 2 bridgehead atoms. The zero-order valence-electron chi connectivity index (χ0n) is 19.5. The third-order valence-corrected chi connectivity index (χ3v) is 6.51. The summed E-state index contributed by atoms with van der Waals surface area (Å²) in [6.45, 7) is 9.52. The molecule has 174 valence electrons. The van der Waals surface area contributed by atoms with Gasteiger partial charge in [0, 0.05) is 5.57 Å². The van der Waals surface area contributed by atoms with Gasteiger partial charge in [-0.05, 0) is 51.2 Å². The van der Waals surface area contributed by atoms with Crippen LogP contribution in [-0.4, -0.2) is 46.9 Å². The van der Waals surface area contributed by atoms with Gasteiger partial charge in [0.25, 0.3) is 0 Å². The van der Waals surface area contributed by atoms with Gasteiger partial charge in [0.1, 0.15) is 23.9 Å². The molecule has 0 spiro atoms. The molecule has 1 N–H and O–H groups in total. The largest absolute Gasteiger partial charge is 0.457 e. The van der Waals surface area contributed by atoms with Crippen molar-refractivity contribution in [2.45, 2.75) is 84.1 Å². The summed E-state index contributed by atoms with van der Waals surface area (Å²) in [5.74, 6) is -1.78. The van der Waals surface area contributed by atoms with Crippen LogP contribution in [-0.2, 0) is 30.4 Å².